The molecule has 0 amide bonds. The first-order chi connectivity index (χ1) is 10.4. The van der Waals surface area contributed by atoms with Crippen LogP contribution >= 0.6 is 12.2 Å². The summed E-state index contributed by atoms with van der Waals surface area (Å²) >= 11 is 4.70. The molecule has 0 aliphatic rings. The minimum Gasteiger partial charge on any atom is -0.375 e. The van der Waals surface area contributed by atoms with Crippen molar-refractivity contribution in [1.82, 2.24) is 10.4 Å². The molecule has 7 nitrogen and oxygen atoms in total. The van der Waals surface area contributed by atoms with Gasteiger partial charge in [-0.15, -0.1) is 0 Å². The van der Waals surface area contributed by atoms with E-state index >= 15 is 0 Å². The van der Waals surface area contributed by atoms with Crippen LogP contribution in [0.5, 0.6) is 0 Å². The number of rotatable bonds is 4. The number of pyridine rings is 1. The number of benzene rings is 1. The topological polar surface area (TPSA) is 118 Å². The molecule has 1 aromatic carbocycles. The van der Waals surface area contributed by atoms with Crippen molar-refractivity contribution in [2.75, 3.05) is 0 Å². The minimum absolute atomic E-state index is 0.0423. The van der Waals surface area contributed by atoms with Crippen LogP contribution in [0.4, 0.5) is 0 Å². The first kappa shape index (κ1) is 16.0. The van der Waals surface area contributed by atoms with Gasteiger partial charge in [0.25, 0.3) is 10.1 Å². The Morgan fingerprint density at radius 1 is 1.27 bits per heavy atom. The van der Waals surface area contributed by atoms with E-state index in [2.05, 4.69) is 15.5 Å². The van der Waals surface area contributed by atoms with Crippen LogP contribution in [0.25, 0.3) is 0 Å². The third kappa shape index (κ3) is 4.07. The van der Waals surface area contributed by atoms with Crippen molar-refractivity contribution >= 4 is 33.2 Å². The number of thiocarbonyl (C=S) groups is 1. The Bertz CT molecular complexity index is 820. The van der Waals surface area contributed by atoms with Gasteiger partial charge in [0.15, 0.2) is 5.11 Å². The molecule has 0 saturated heterocycles. The molecule has 1 heterocycles. The zero-order valence-electron chi connectivity index (χ0n) is 11.2. The lowest BCUT2D eigenvalue weighted by atomic mass is 10.1. The molecule has 114 valence electrons. The summed E-state index contributed by atoms with van der Waals surface area (Å²) in [4.78, 5) is 3.91. The van der Waals surface area contributed by atoms with Crippen LogP contribution in [-0.2, 0) is 10.1 Å². The van der Waals surface area contributed by atoms with Crippen molar-refractivity contribution in [1.29, 1.82) is 0 Å². The highest BCUT2D eigenvalue weighted by Gasteiger charge is 2.14. The molecule has 0 aliphatic carbocycles. The van der Waals surface area contributed by atoms with Crippen molar-refractivity contribution in [3.05, 3.63) is 59.9 Å². The van der Waals surface area contributed by atoms with E-state index in [1.165, 1.54) is 18.2 Å². The molecular formula is C13H12N4O3S2. The number of aromatic nitrogens is 1. The third-order valence-electron chi connectivity index (χ3n) is 2.59. The summed E-state index contributed by atoms with van der Waals surface area (Å²) < 4.78 is 31.7. The molecular weight excluding hydrogens is 324 g/mol. The van der Waals surface area contributed by atoms with Crippen LogP contribution in [0.2, 0.25) is 0 Å². The van der Waals surface area contributed by atoms with E-state index in [1.54, 1.807) is 30.5 Å². The van der Waals surface area contributed by atoms with Gasteiger partial charge in [-0.1, -0.05) is 18.2 Å². The van der Waals surface area contributed by atoms with E-state index in [0.717, 1.165) is 0 Å². The summed E-state index contributed by atoms with van der Waals surface area (Å²) in [5.41, 5.74) is 9.04. The van der Waals surface area contributed by atoms with E-state index in [1.807, 2.05) is 0 Å². The lowest BCUT2D eigenvalue weighted by Gasteiger charge is -2.08. The van der Waals surface area contributed by atoms with Gasteiger partial charge in [0.05, 0.1) is 10.6 Å². The fourth-order valence-corrected chi connectivity index (χ4v) is 2.26. The van der Waals surface area contributed by atoms with Gasteiger partial charge < -0.3 is 5.73 Å². The van der Waals surface area contributed by atoms with Crippen LogP contribution < -0.4 is 11.2 Å². The average molecular weight is 336 g/mol. The van der Waals surface area contributed by atoms with Gasteiger partial charge in [0.1, 0.15) is 5.71 Å². The molecule has 1 aromatic heterocycles. The molecule has 0 fully saturated rings. The maximum Gasteiger partial charge on any atom is 0.294 e. The van der Waals surface area contributed by atoms with Crippen molar-refractivity contribution in [3.63, 3.8) is 0 Å². The van der Waals surface area contributed by atoms with Gasteiger partial charge in [-0.05, 0) is 36.5 Å². The summed E-state index contributed by atoms with van der Waals surface area (Å²) in [5, 5.41) is 4.01. The normalized spacial score (nSPS) is 12.0. The molecule has 0 unspecified atom stereocenters. The van der Waals surface area contributed by atoms with Gasteiger partial charge in [0.2, 0.25) is 0 Å². The number of hydrogen-bond acceptors (Lipinski definition) is 5. The summed E-state index contributed by atoms with van der Waals surface area (Å²) in [6.07, 6.45) is 1.57. The highest BCUT2D eigenvalue weighted by Crippen LogP contribution is 2.14. The predicted molar refractivity (Wildman–Crippen MR) is 86.1 cm³/mol. The zero-order chi connectivity index (χ0) is 16.2. The van der Waals surface area contributed by atoms with E-state index < -0.39 is 10.1 Å². The van der Waals surface area contributed by atoms with E-state index in [4.69, 9.17) is 22.5 Å². The smallest absolute Gasteiger partial charge is 0.294 e. The Hall–Kier alpha value is -2.36. The van der Waals surface area contributed by atoms with Crippen LogP contribution in [-0.4, -0.2) is 28.8 Å². The van der Waals surface area contributed by atoms with Gasteiger partial charge >= 0.3 is 0 Å². The Morgan fingerprint density at radius 2 is 2.05 bits per heavy atom. The average Bonchev–Trinajstić information content (AvgIpc) is 2.48. The molecule has 0 atom stereocenters. The monoisotopic (exact) mass is 336 g/mol. The van der Waals surface area contributed by atoms with Crippen molar-refractivity contribution in [3.8, 4) is 0 Å². The van der Waals surface area contributed by atoms with Crippen molar-refractivity contribution in [2.24, 2.45) is 10.8 Å². The molecule has 4 N–H and O–H groups in total. The predicted octanol–water partition coefficient (Wildman–Crippen LogP) is 0.914. The number of nitrogens with one attached hydrogen (secondary N) is 1. The van der Waals surface area contributed by atoms with Gasteiger partial charge in [0, 0.05) is 11.8 Å². The Balaban J connectivity index is 2.55. The fourth-order valence-electron chi connectivity index (χ4n) is 1.69. The van der Waals surface area contributed by atoms with E-state index in [-0.39, 0.29) is 10.0 Å². The minimum atomic E-state index is -4.32. The Morgan fingerprint density at radius 3 is 2.64 bits per heavy atom. The Labute approximate surface area is 132 Å². The largest absolute Gasteiger partial charge is 0.375 e. The van der Waals surface area contributed by atoms with Gasteiger partial charge in [-0.3, -0.25) is 15.0 Å². The standard InChI is InChI=1S/C13H12N4O3S2/c14-13(21)17-16-12(11-6-1-2-7-15-11)9-4-3-5-10(8-9)22(18,19)20/h1-8H,(H3,14,17,21)(H,18,19,20)/b16-12-. The second kappa shape index (κ2) is 6.60. The SMILES string of the molecule is NC(=S)N/N=C(/c1cccc(S(=O)(=O)O)c1)c1ccccn1. The van der Waals surface area contributed by atoms with Crippen molar-refractivity contribution < 1.29 is 13.0 Å². The number of nitrogens with two attached hydrogens (primary N) is 1. The van der Waals surface area contributed by atoms with E-state index in [9.17, 15) is 8.42 Å². The summed E-state index contributed by atoms with van der Waals surface area (Å²) in [6.45, 7) is 0. The lowest BCUT2D eigenvalue weighted by molar-refractivity contribution is 0.483. The summed E-state index contributed by atoms with van der Waals surface area (Å²) in [7, 11) is -4.32. The first-order valence-electron chi connectivity index (χ1n) is 6.00. The van der Waals surface area contributed by atoms with E-state index in [0.29, 0.717) is 17.0 Å². The number of hydrazone groups is 1. The fraction of sp³-hybridized carbons (Fsp3) is 0. The van der Waals surface area contributed by atoms with Crippen LogP contribution in [0.15, 0.2) is 58.7 Å². The highest BCUT2D eigenvalue weighted by atomic mass is 32.2. The molecule has 2 aromatic rings. The maximum atomic E-state index is 11.3. The molecule has 0 saturated carbocycles. The highest BCUT2D eigenvalue weighted by molar-refractivity contribution is 7.85. The number of hydrogen-bond donors (Lipinski definition) is 3. The number of nitrogens with zero attached hydrogens (tertiary/aromatic N) is 2. The lowest BCUT2D eigenvalue weighted by Crippen LogP contribution is -2.26. The summed E-state index contributed by atoms with van der Waals surface area (Å²) in [5.74, 6) is 0. The third-order valence-corrected chi connectivity index (χ3v) is 3.53. The van der Waals surface area contributed by atoms with Crippen LogP contribution in [0.1, 0.15) is 11.3 Å². The van der Waals surface area contributed by atoms with Crippen molar-refractivity contribution in [2.45, 2.75) is 4.90 Å². The summed E-state index contributed by atoms with van der Waals surface area (Å²) in [6, 6.07) is 10.9. The van der Waals surface area contributed by atoms with Crippen LogP contribution in [0.3, 0.4) is 0 Å². The second-order valence-electron chi connectivity index (χ2n) is 4.15. The van der Waals surface area contributed by atoms with Gasteiger partial charge in [-0.25, -0.2) is 0 Å². The molecule has 22 heavy (non-hydrogen) atoms. The zero-order valence-corrected chi connectivity index (χ0v) is 12.8. The molecule has 2 rings (SSSR count). The van der Waals surface area contributed by atoms with Crippen LogP contribution in [0, 0.1) is 0 Å². The first-order valence-corrected chi connectivity index (χ1v) is 7.85. The molecule has 0 spiro atoms. The quantitative estimate of drug-likeness (QED) is 0.329. The Kier molecular flexibility index (Phi) is 4.81. The molecule has 0 aliphatic heterocycles. The molecule has 9 heteroatoms. The molecule has 0 bridgehead atoms. The maximum absolute atomic E-state index is 11.3. The second-order valence-corrected chi connectivity index (χ2v) is 6.02. The van der Waals surface area contributed by atoms with Gasteiger partial charge in [-0.2, -0.15) is 13.5 Å². The molecule has 0 radical (unpaired) electrons.